The average molecular weight is 778 g/mol. The SMILES string of the molecule is CCc1c2cc3c(CC)c1CNCc1cccc(c1)CNCc1c(CC)c(c(CC)c(c1CC)CNCc1cccc(n1)CNC3)CNCc1cccc(c1)CNC2. The van der Waals surface area contributed by atoms with Gasteiger partial charge in [-0.25, -0.2) is 0 Å². The van der Waals surface area contributed by atoms with Gasteiger partial charge in [-0.1, -0.05) is 95.3 Å². The molecule has 0 saturated heterocycles. The van der Waals surface area contributed by atoms with Crippen LogP contribution in [0.15, 0.2) is 72.8 Å². The van der Waals surface area contributed by atoms with E-state index in [2.05, 4.69) is 139 Å². The molecule has 1 aromatic heterocycles. The van der Waals surface area contributed by atoms with Gasteiger partial charge in [-0.2, -0.15) is 0 Å². The van der Waals surface area contributed by atoms with E-state index >= 15 is 0 Å². The highest BCUT2D eigenvalue weighted by Gasteiger charge is 2.22. The quantitative estimate of drug-likeness (QED) is 0.107. The first-order valence-electron chi connectivity index (χ1n) is 22.2. The molecule has 12 bridgehead atoms. The molecule has 5 aromatic rings. The summed E-state index contributed by atoms with van der Waals surface area (Å²) in [5, 5.41) is 23.3. The van der Waals surface area contributed by atoms with Gasteiger partial charge in [0.1, 0.15) is 0 Å². The fourth-order valence-corrected chi connectivity index (χ4v) is 9.78. The number of nitrogens with one attached hydrogen (secondary N) is 6. The van der Waals surface area contributed by atoms with Crippen LogP contribution < -0.4 is 31.9 Å². The summed E-state index contributed by atoms with van der Waals surface area (Å²) in [7, 11) is 0. The number of pyridine rings is 1. The van der Waals surface area contributed by atoms with E-state index in [1.807, 2.05) is 0 Å². The van der Waals surface area contributed by atoms with E-state index in [0.717, 1.165) is 122 Å². The second kappa shape index (κ2) is 20.7. The lowest BCUT2D eigenvalue weighted by atomic mass is 9.83. The molecule has 4 heterocycles. The van der Waals surface area contributed by atoms with E-state index in [0.29, 0.717) is 0 Å². The largest absolute Gasteiger partial charge is 0.309 e. The topological polar surface area (TPSA) is 85.1 Å². The van der Waals surface area contributed by atoms with Crippen LogP contribution in [0.1, 0.15) is 129 Å². The van der Waals surface area contributed by atoms with Crippen LogP contribution in [0.5, 0.6) is 0 Å². The molecule has 4 aromatic carbocycles. The first-order valence-corrected chi connectivity index (χ1v) is 22.2. The molecule has 6 N–H and O–H groups in total. The standard InChI is InChI=1S/C51H67N7/c1-6-43-39-22-40-28-56-29-41-18-13-19-42(58-41)30-57-34-51-46(9-4)49(32-54-25-36-15-11-14-35(20-36)23-52-27-39)45(8-3)50(47(51)10-5)33-55-26-38-17-12-16-37(21-38)24-53-31-48(43)44(40)7-2/h11-22,52-57H,6-10,23-34H2,1-5H3. The Morgan fingerprint density at radius 1 is 0.345 bits per heavy atom. The van der Waals surface area contributed by atoms with Crippen LogP contribution in [0.4, 0.5) is 0 Å². The zero-order valence-electron chi connectivity index (χ0n) is 35.9. The van der Waals surface area contributed by atoms with E-state index in [4.69, 9.17) is 4.98 Å². The molecular weight excluding hydrogens is 711 g/mol. The fraction of sp³-hybridized carbons (Fsp3) is 0.431. The molecule has 7 heteroatoms. The van der Waals surface area contributed by atoms with Gasteiger partial charge < -0.3 is 31.9 Å². The van der Waals surface area contributed by atoms with Gasteiger partial charge in [-0.15, -0.1) is 0 Å². The minimum absolute atomic E-state index is 0.728. The van der Waals surface area contributed by atoms with Crippen molar-refractivity contribution >= 4 is 0 Å². The molecule has 0 amide bonds. The number of fused-ring (bicyclic) bond motifs is 12. The van der Waals surface area contributed by atoms with Crippen LogP contribution in [-0.4, -0.2) is 4.98 Å². The Labute approximate surface area is 348 Å². The summed E-state index contributed by atoms with van der Waals surface area (Å²) in [5.74, 6) is 0. The number of aromatic nitrogens is 1. The molecule has 0 atom stereocenters. The number of rotatable bonds is 5. The first kappa shape index (κ1) is 41.9. The molecule has 8 rings (SSSR count). The van der Waals surface area contributed by atoms with Crippen molar-refractivity contribution in [2.45, 2.75) is 145 Å². The third kappa shape index (κ3) is 9.96. The van der Waals surface area contributed by atoms with Crippen LogP contribution >= 0.6 is 0 Å². The monoisotopic (exact) mass is 778 g/mol. The van der Waals surface area contributed by atoms with Crippen molar-refractivity contribution in [3.05, 3.63) is 168 Å². The summed E-state index contributed by atoms with van der Waals surface area (Å²) in [5.41, 5.74) is 23.6. The van der Waals surface area contributed by atoms with Crippen LogP contribution in [0.3, 0.4) is 0 Å². The van der Waals surface area contributed by atoms with E-state index in [-0.39, 0.29) is 0 Å². The zero-order valence-corrected chi connectivity index (χ0v) is 35.9. The number of benzene rings is 4. The van der Waals surface area contributed by atoms with Crippen LogP contribution in [0, 0.1) is 0 Å². The Kier molecular flexibility index (Phi) is 14.9. The van der Waals surface area contributed by atoms with Crippen LogP contribution in [0.2, 0.25) is 0 Å². The third-order valence-corrected chi connectivity index (χ3v) is 12.4. The van der Waals surface area contributed by atoms with Gasteiger partial charge in [0, 0.05) is 78.5 Å². The molecule has 0 radical (unpaired) electrons. The van der Waals surface area contributed by atoms with Gasteiger partial charge in [-0.3, -0.25) is 4.98 Å². The van der Waals surface area contributed by atoms with Gasteiger partial charge >= 0.3 is 0 Å². The summed E-state index contributed by atoms with van der Waals surface area (Å²) in [4.78, 5) is 5.14. The highest BCUT2D eigenvalue weighted by Crippen LogP contribution is 2.32. The van der Waals surface area contributed by atoms with Gasteiger partial charge in [0.2, 0.25) is 0 Å². The summed E-state index contributed by atoms with van der Waals surface area (Å²) in [6.07, 6.45) is 5.03. The summed E-state index contributed by atoms with van der Waals surface area (Å²) >= 11 is 0. The maximum atomic E-state index is 5.14. The predicted octanol–water partition coefficient (Wildman–Crippen LogP) is 8.26. The normalized spacial score (nSPS) is 15.8. The molecule has 0 fully saturated rings. The zero-order chi connectivity index (χ0) is 40.3. The Morgan fingerprint density at radius 3 is 1.03 bits per heavy atom. The number of hydrogen-bond donors (Lipinski definition) is 6. The van der Waals surface area contributed by atoms with Crippen LogP contribution in [0.25, 0.3) is 0 Å². The fourth-order valence-electron chi connectivity index (χ4n) is 9.78. The van der Waals surface area contributed by atoms with Crippen molar-refractivity contribution in [2.24, 2.45) is 0 Å². The third-order valence-electron chi connectivity index (χ3n) is 12.4. The van der Waals surface area contributed by atoms with E-state index in [9.17, 15) is 0 Å². The van der Waals surface area contributed by atoms with Crippen molar-refractivity contribution in [1.29, 1.82) is 0 Å². The van der Waals surface area contributed by atoms with Crippen LogP contribution in [-0.2, 0) is 111 Å². The van der Waals surface area contributed by atoms with Crippen molar-refractivity contribution in [1.82, 2.24) is 36.9 Å². The summed E-state index contributed by atoms with van der Waals surface area (Å²) in [6, 6.07) is 27.3. The second-order valence-corrected chi connectivity index (χ2v) is 16.2. The van der Waals surface area contributed by atoms with E-state index in [1.165, 1.54) is 83.5 Å². The predicted molar refractivity (Wildman–Crippen MR) is 240 cm³/mol. The molecular formula is C51H67N7. The number of hydrogen-bond acceptors (Lipinski definition) is 7. The van der Waals surface area contributed by atoms with Gasteiger partial charge in [-0.05, 0) is 128 Å². The lowest BCUT2D eigenvalue weighted by Gasteiger charge is -2.27. The van der Waals surface area contributed by atoms with Gasteiger partial charge in [0.25, 0.3) is 0 Å². The van der Waals surface area contributed by atoms with Gasteiger partial charge in [0.05, 0.1) is 11.4 Å². The average Bonchev–Trinajstić information content (AvgIpc) is 3.23. The summed E-state index contributed by atoms with van der Waals surface area (Å²) in [6.45, 7) is 21.5. The second-order valence-electron chi connectivity index (χ2n) is 16.2. The molecule has 7 nitrogen and oxygen atoms in total. The Hall–Kier alpha value is -4.21. The van der Waals surface area contributed by atoms with E-state index in [1.54, 1.807) is 0 Å². The highest BCUT2D eigenvalue weighted by molar-refractivity contribution is 5.53. The number of nitrogens with zero attached hydrogens (tertiary/aromatic N) is 1. The minimum Gasteiger partial charge on any atom is -0.309 e. The Balaban J connectivity index is 1.35. The maximum absolute atomic E-state index is 5.14. The van der Waals surface area contributed by atoms with Gasteiger partial charge in [0.15, 0.2) is 0 Å². The van der Waals surface area contributed by atoms with Crippen molar-refractivity contribution in [2.75, 3.05) is 0 Å². The molecule has 0 unspecified atom stereocenters. The summed E-state index contributed by atoms with van der Waals surface area (Å²) < 4.78 is 0. The Morgan fingerprint density at radius 2 is 0.655 bits per heavy atom. The molecule has 3 aliphatic heterocycles. The highest BCUT2D eigenvalue weighted by atomic mass is 14.9. The first-order chi connectivity index (χ1) is 28.5. The molecule has 58 heavy (non-hydrogen) atoms. The van der Waals surface area contributed by atoms with E-state index < -0.39 is 0 Å². The Bertz CT molecular complexity index is 2020. The smallest absolute Gasteiger partial charge is 0.0545 e. The molecule has 306 valence electrons. The van der Waals surface area contributed by atoms with Crippen molar-refractivity contribution < 1.29 is 0 Å². The molecule has 0 spiro atoms. The van der Waals surface area contributed by atoms with Crippen molar-refractivity contribution in [3.63, 3.8) is 0 Å². The minimum atomic E-state index is 0.728. The molecule has 0 aliphatic carbocycles. The maximum Gasteiger partial charge on any atom is 0.0545 e. The molecule has 3 aliphatic rings. The lowest BCUT2D eigenvalue weighted by molar-refractivity contribution is 0.630. The molecule has 0 saturated carbocycles. The van der Waals surface area contributed by atoms with Crippen molar-refractivity contribution in [3.8, 4) is 0 Å². The lowest BCUT2D eigenvalue weighted by Crippen LogP contribution is -2.25.